The highest BCUT2D eigenvalue weighted by Crippen LogP contribution is 2.21. The van der Waals surface area contributed by atoms with Gasteiger partial charge in [-0.1, -0.05) is 12.1 Å². The van der Waals surface area contributed by atoms with E-state index in [2.05, 4.69) is 9.97 Å². The Balaban J connectivity index is 2.54. The van der Waals surface area contributed by atoms with Crippen molar-refractivity contribution in [1.82, 2.24) is 9.97 Å². The van der Waals surface area contributed by atoms with Crippen molar-refractivity contribution in [1.29, 1.82) is 0 Å². The SMILES string of the molecule is Cc1ccc(-c2cnc(=O)[nH]c2)c(F)c1. The third-order valence-corrected chi connectivity index (χ3v) is 2.11. The van der Waals surface area contributed by atoms with Gasteiger partial charge in [-0.15, -0.1) is 0 Å². The quantitative estimate of drug-likeness (QED) is 0.770. The smallest absolute Gasteiger partial charge is 0.312 e. The second-order valence-corrected chi connectivity index (χ2v) is 3.29. The molecule has 1 heterocycles. The summed E-state index contributed by atoms with van der Waals surface area (Å²) in [6, 6.07) is 4.92. The van der Waals surface area contributed by atoms with Gasteiger partial charge in [0.15, 0.2) is 0 Å². The molecule has 76 valence electrons. The number of rotatable bonds is 1. The van der Waals surface area contributed by atoms with Gasteiger partial charge < -0.3 is 4.98 Å². The van der Waals surface area contributed by atoms with Crippen LogP contribution in [0.4, 0.5) is 4.39 Å². The molecule has 0 spiro atoms. The minimum absolute atomic E-state index is 0.316. The molecule has 1 aromatic heterocycles. The fourth-order valence-corrected chi connectivity index (χ4v) is 1.34. The lowest BCUT2D eigenvalue weighted by Crippen LogP contribution is -2.08. The lowest BCUT2D eigenvalue weighted by molar-refractivity contribution is 0.630. The summed E-state index contributed by atoms with van der Waals surface area (Å²) in [7, 11) is 0. The summed E-state index contributed by atoms with van der Waals surface area (Å²) >= 11 is 0. The second kappa shape index (κ2) is 3.65. The van der Waals surface area contributed by atoms with Crippen molar-refractivity contribution < 1.29 is 4.39 Å². The number of aromatic amines is 1. The molecule has 0 saturated heterocycles. The first-order valence-electron chi connectivity index (χ1n) is 4.48. The van der Waals surface area contributed by atoms with Gasteiger partial charge in [0.25, 0.3) is 0 Å². The third kappa shape index (κ3) is 1.93. The summed E-state index contributed by atoms with van der Waals surface area (Å²) in [5, 5.41) is 0. The molecule has 0 saturated carbocycles. The van der Waals surface area contributed by atoms with Gasteiger partial charge in [0.2, 0.25) is 0 Å². The predicted octanol–water partition coefficient (Wildman–Crippen LogP) is 1.88. The lowest BCUT2D eigenvalue weighted by atomic mass is 10.1. The molecule has 3 nitrogen and oxygen atoms in total. The van der Waals surface area contributed by atoms with Gasteiger partial charge in [0.05, 0.1) is 0 Å². The molecule has 1 N–H and O–H groups in total. The Hall–Kier alpha value is -1.97. The number of nitrogens with zero attached hydrogens (tertiary/aromatic N) is 1. The average Bonchev–Trinajstić information content (AvgIpc) is 2.20. The molecule has 2 rings (SSSR count). The van der Waals surface area contributed by atoms with E-state index in [9.17, 15) is 9.18 Å². The highest BCUT2D eigenvalue weighted by Gasteiger charge is 2.04. The predicted molar refractivity (Wildman–Crippen MR) is 55.0 cm³/mol. The van der Waals surface area contributed by atoms with Crippen molar-refractivity contribution in [2.24, 2.45) is 0 Å². The average molecular weight is 204 g/mol. The largest absolute Gasteiger partial charge is 0.344 e. The number of halogens is 1. The van der Waals surface area contributed by atoms with E-state index in [1.165, 1.54) is 18.5 Å². The number of aromatic nitrogens is 2. The first-order valence-corrected chi connectivity index (χ1v) is 4.48. The van der Waals surface area contributed by atoms with Crippen LogP contribution in [0.25, 0.3) is 11.1 Å². The molecule has 0 unspecified atom stereocenters. The topological polar surface area (TPSA) is 45.8 Å². The molecule has 0 aliphatic carbocycles. The molecule has 4 heteroatoms. The summed E-state index contributed by atoms with van der Waals surface area (Å²) in [6.45, 7) is 1.82. The summed E-state index contributed by atoms with van der Waals surface area (Å²) in [4.78, 5) is 16.7. The van der Waals surface area contributed by atoms with Gasteiger partial charge >= 0.3 is 5.69 Å². The number of hydrogen-bond donors (Lipinski definition) is 1. The van der Waals surface area contributed by atoms with Gasteiger partial charge in [-0.25, -0.2) is 14.2 Å². The highest BCUT2D eigenvalue weighted by atomic mass is 19.1. The van der Waals surface area contributed by atoms with E-state index in [0.29, 0.717) is 11.1 Å². The lowest BCUT2D eigenvalue weighted by Gasteiger charge is -2.02. The van der Waals surface area contributed by atoms with Crippen molar-refractivity contribution in [2.45, 2.75) is 6.92 Å². The van der Waals surface area contributed by atoms with Gasteiger partial charge in [0.1, 0.15) is 5.82 Å². The van der Waals surface area contributed by atoms with Crippen molar-refractivity contribution in [3.05, 3.63) is 52.5 Å². The van der Waals surface area contributed by atoms with Crippen LogP contribution in [0.5, 0.6) is 0 Å². The van der Waals surface area contributed by atoms with Crippen LogP contribution in [-0.4, -0.2) is 9.97 Å². The summed E-state index contributed by atoms with van der Waals surface area (Å²) in [6.07, 6.45) is 2.80. The maximum Gasteiger partial charge on any atom is 0.344 e. The monoisotopic (exact) mass is 204 g/mol. The molecule has 1 aromatic carbocycles. The van der Waals surface area contributed by atoms with Crippen LogP contribution < -0.4 is 5.69 Å². The van der Waals surface area contributed by atoms with Crippen LogP contribution in [0, 0.1) is 12.7 Å². The maximum absolute atomic E-state index is 13.5. The Morgan fingerprint density at radius 2 is 2.20 bits per heavy atom. The first-order chi connectivity index (χ1) is 7.16. The van der Waals surface area contributed by atoms with E-state index < -0.39 is 5.69 Å². The number of aryl methyl sites for hydroxylation is 1. The zero-order chi connectivity index (χ0) is 10.8. The Morgan fingerprint density at radius 3 is 2.80 bits per heavy atom. The van der Waals surface area contributed by atoms with Gasteiger partial charge in [0, 0.05) is 23.5 Å². The van der Waals surface area contributed by atoms with E-state index in [0.717, 1.165) is 5.56 Å². The van der Waals surface area contributed by atoms with E-state index in [-0.39, 0.29) is 5.82 Å². The molecular formula is C11H9FN2O. The zero-order valence-corrected chi connectivity index (χ0v) is 8.12. The minimum atomic E-state index is -0.439. The maximum atomic E-state index is 13.5. The number of H-pyrrole nitrogens is 1. The van der Waals surface area contributed by atoms with Crippen LogP contribution >= 0.6 is 0 Å². The van der Waals surface area contributed by atoms with Crippen molar-refractivity contribution >= 4 is 0 Å². The second-order valence-electron chi connectivity index (χ2n) is 3.29. The molecular weight excluding hydrogens is 195 g/mol. The van der Waals surface area contributed by atoms with Crippen molar-refractivity contribution in [3.63, 3.8) is 0 Å². The fraction of sp³-hybridized carbons (Fsp3) is 0.0909. The Morgan fingerprint density at radius 1 is 1.40 bits per heavy atom. The number of nitrogens with one attached hydrogen (secondary N) is 1. The molecule has 0 atom stereocenters. The normalized spacial score (nSPS) is 10.3. The first kappa shape index (κ1) is 9.58. The molecule has 0 aliphatic rings. The van der Waals surface area contributed by atoms with Crippen molar-refractivity contribution in [3.8, 4) is 11.1 Å². The van der Waals surface area contributed by atoms with E-state index in [1.54, 1.807) is 6.07 Å². The molecule has 0 fully saturated rings. The van der Waals surface area contributed by atoms with Crippen LogP contribution in [0.15, 0.2) is 35.4 Å². The number of benzene rings is 1. The molecule has 0 aliphatic heterocycles. The third-order valence-electron chi connectivity index (χ3n) is 2.11. The van der Waals surface area contributed by atoms with Gasteiger partial charge in [-0.3, -0.25) is 0 Å². The van der Waals surface area contributed by atoms with E-state index in [1.807, 2.05) is 13.0 Å². The summed E-state index contributed by atoms with van der Waals surface area (Å²) in [5.41, 5.74) is 1.41. The molecule has 2 aromatic rings. The van der Waals surface area contributed by atoms with Crippen LogP contribution in [0.2, 0.25) is 0 Å². The summed E-state index contributed by atoms with van der Waals surface area (Å²) < 4.78 is 13.5. The highest BCUT2D eigenvalue weighted by molar-refractivity contribution is 5.62. The standard InChI is InChI=1S/C11H9FN2O/c1-7-2-3-9(10(12)4-7)8-5-13-11(15)14-6-8/h2-6H,1H3,(H,13,14,15). The van der Waals surface area contributed by atoms with Crippen LogP contribution in [-0.2, 0) is 0 Å². The molecule has 0 radical (unpaired) electrons. The molecule has 0 amide bonds. The van der Waals surface area contributed by atoms with E-state index in [4.69, 9.17) is 0 Å². The number of hydrogen-bond acceptors (Lipinski definition) is 2. The summed E-state index contributed by atoms with van der Waals surface area (Å²) in [5.74, 6) is -0.316. The van der Waals surface area contributed by atoms with Gasteiger partial charge in [-0.2, -0.15) is 0 Å². The van der Waals surface area contributed by atoms with Gasteiger partial charge in [-0.05, 0) is 18.6 Å². The molecule has 0 bridgehead atoms. The Bertz CT molecular complexity index is 528. The Labute approximate surface area is 85.6 Å². The fourth-order valence-electron chi connectivity index (χ4n) is 1.34. The van der Waals surface area contributed by atoms with Crippen LogP contribution in [0.3, 0.4) is 0 Å². The Kier molecular flexibility index (Phi) is 2.33. The van der Waals surface area contributed by atoms with Crippen LogP contribution in [0.1, 0.15) is 5.56 Å². The molecule has 15 heavy (non-hydrogen) atoms. The zero-order valence-electron chi connectivity index (χ0n) is 8.12. The minimum Gasteiger partial charge on any atom is -0.312 e. The van der Waals surface area contributed by atoms with Crippen molar-refractivity contribution in [2.75, 3.05) is 0 Å². The van der Waals surface area contributed by atoms with E-state index >= 15 is 0 Å².